The van der Waals surface area contributed by atoms with E-state index >= 15 is 0 Å². The van der Waals surface area contributed by atoms with E-state index in [1.807, 2.05) is 26.0 Å². The van der Waals surface area contributed by atoms with Crippen LogP contribution in [0.1, 0.15) is 34.3 Å². The maximum atomic E-state index is 12.1. The van der Waals surface area contributed by atoms with Crippen LogP contribution in [0.25, 0.3) is 0 Å². The van der Waals surface area contributed by atoms with Crippen LogP contribution < -0.4 is 10.5 Å². The van der Waals surface area contributed by atoms with E-state index < -0.39 is 5.54 Å². The molecule has 86 valence electrons. The van der Waals surface area contributed by atoms with Crippen molar-refractivity contribution in [3.8, 4) is 5.75 Å². The zero-order valence-electron chi connectivity index (χ0n) is 9.96. The monoisotopic (exact) mass is 219 g/mol. The molecule has 1 aromatic rings. The van der Waals surface area contributed by atoms with Gasteiger partial charge in [-0.1, -0.05) is 0 Å². The Morgan fingerprint density at radius 3 is 2.19 bits per heavy atom. The highest BCUT2D eigenvalue weighted by atomic mass is 16.5. The topological polar surface area (TPSA) is 52.3 Å². The highest BCUT2D eigenvalue weighted by Crippen LogP contribution is 2.36. The van der Waals surface area contributed by atoms with Crippen LogP contribution in [0.15, 0.2) is 12.1 Å². The number of carbonyl (C=O) groups excluding carboxylic acids is 1. The number of rotatable bonds is 3. The summed E-state index contributed by atoms with van der Waals surface area (Å²) in [4.78, 5) is 12.1. The first-order chi connectivity index (χ1) is 7.48. The van der Waals surface area contributed by atoms with E-state index in [-0.39, 0.29) is 5.78 Å². The number of ether oxygens (including phenoxy) is 1. The van der Waals surface area contributed by atoms with E-state index in [1.165, 1.54) is 0 Å². The summed E-state index contributed by atoms with van der Waals surface area (Å²) < 4.78 is 5.27. The molecule has 1 aliphatic rings. The summed E-state index contributed by atoms with van der Waals surface area (Å²) in [6, 6.07) is 3.72. The lowest BCUT2D eigenvalue weighted by atomic mass is 9.98. The fourth-order valence-corrected chi connectivity index (χ4v) is 2.05. The summed E-state index contributed by atoms with van der Waals surface area (Å²) in [5.74, 6) is 0.903. The molecule has 0 heterocycles. The first-order valence-electron chi connectivity index (χ1n) is 5.47. The van der Waals surface area contributed by atoms with Gasteiger partial charge in [0.05, 0.1) is 12.6 Å². The predicted octanol–water partition coefficient (Wildman–Crippen LogP) is 1.99. The molecule has 0 aliphatic heterocycles. The van der Waals surface area contributed by atoms with Crippen LogP contribution in [0.4, 0.5) is 0 Å². The number of hydrogen-bond donors (Lipinski definition) is 1. The lowest BCUT2D eigenvalue weighted by molar-refractivity contribution is 0.0949. The third kappa shape index (κ3) is 1.71. The van der Waals surface area contributed by atoms with Crippen molar-refractivity contribution in [2.75, 3.05) is 7.11 Å². The second-order valence-electron chi connectivity index (χ2n) is 4.63. The Bertz CT molecular complexity index is 424. The molecule has 1 aliphatic carbocycles. The summed E-state index contributed by atoms with van der Waals surface area (Å²) in [7, 11) is 1.64. The van der Waals surface area contributed by atoms with Crippen molar-refractivity contribution in [3.63, 3.8) is 0 Å². The van der Waals surface area contributed by atoms with Gasteiger partial charge in [0.25, 0.3) is 0 Å². The number of methoxy groups -OCH3 is 1. The highest BCUT2D eigenvalue weighted by Gasteiger charge is 2.46. The smallest absolute Gasteiger partial charge is 0.182 e. The van der Waals surface area contributed by atoms with E-state index in [2.05, 4.69) is 0 Å². The zero-order valence-corrected chi connectivity index (χ0v) is 9.96. The van der Waals surface area contributed by atoms with Gasteiger partial charge in [0.15, 0.2) is 5.78 Å². The number of benzene rings is 1. The van der Waals surface area contributed by atoms with Crippen molar-refractivity contribution in [3.05, 3.63) is 28.8 Å². The minimum atomic E-state index is -0.590. The number of ketones is 1. The molecule has 3 heteroatoms. The van der Waals surface area contributed by atoms with Gasteiger partial charge in [-0.3, -0.25) is 4.79 Å². The summed E-state index contributed by atoms with van der Waals surface area (Å²) in [6.07, 6.45) is 1.60. The number of hydrogen-bond acceptors (Lipinski definition) is 3. The largest absolute Gasteiger partial charge is 0.496 e. The summed E-state index contributed by atoms with van der Waals surface area (Å²) in [6.45, 7) is 3.89. The Kier molecular flexibility index (Phi) is 2.50. The van der Waals surface area contributed by atoms with Crippen LogP contribution in [0.3, 0.4) is 0 Å². The Morgan fingerprint density at radius 1 is 1.31 bits per heavy atom. The molecule has 16 heavy (non-hydrogen) atoms. The minimum Gasteiger partial charge on any atom is -0.496 e. The van der Waals surface area contributed by atoms with Crippen molar-refractivity contribution in [2.24, 2.45) is 5.73 Å². The molecular formula is C13H17NO2. The van der Waals surface area contributed by atoms with Crippen LogP contribution in [0.5, 0.6) is 5.75 Å². The third-order valence-corrected chi connectivity index (χ3v) is 3.17. The first kappa shape index (κ1) is 11.1. The molecule has 1 saturated carbocycles. The average molecular weight is 219 g/mol. The second-order valence-corrected chi connectivity index (χ2v) is 4.63. The van der Waals surface area contributed by atoms with Crippen molar-refractivity contribution >= 4 is 5.78 Å². The molecule has 2 rings (SSSR count). The minimum absolute atomic E-state index is 0.0568. The Morgan fingerprint density at radius 2 is 1.81 bits per heavy atom. The van der Waals surface area contributed by atoms with E-state index in [1.54, 1.807) is 7.11 Å². The number of nitrogens with two attached hydrogens (primary N) is 1. The lowest BCUT2D eigenvalue weighted by Crippen LogP contribution is -2.32. The highest BCUT2D eigenvalue weighted by molar-refractivity contribution is 6.05. The van der Waals surface area contributed by atoms with Gasteiger partial charge in [-0.25, -0.2) is 0 Å². The molecule has 0 spiro atoms. The van der Waals surface area contributed by atoms with E-state index in [0.717, 1.165) is 29.7 Å². The maximum Gasteiger partial charge on any atom is 0.182 e. The van der Waals surface area contributed by atoms with Crippen molar-refractivity contribution in [2.45, 2.75) is 32.2 Å². The number of aryl methyl sites for hydroxylation is 2. The molecule has 0 atom stereocenters. The standard InChI is InChI=1S/C13H17NO2/c1-8-6-10(7-9(2)11(8)16-3)12(15)13(14)4-5-13/h6-7H,4-5,14H2,1-3H3. The Balaban J connectivity index is 2.40. The Labute approximate surface area is 95.6 Å². The number of carbonyl (C=O) groups is 1. The predicted molar refractivity (Wildman–Crippen MR) is 63.0 cm³/mol. The summed E-state index contributed by atoms with van der Waals surface area (Å²) in [5, 5.41) is 0. The van der Waals surface area contributed by atoms with Crippen LogP contribution in [0.2, 0.25) is 0 Å². The van der Waals surface area contributed by atoms with Crippen LogP contribution in [-0.4, -0.2) is 18.4 Å². The molecule has 1 fully saturated rings. The van der Waals surface area contributed by atoms with Gasteiger partial charge < -0.3 is 10.5 Å². The van der Waals surface area contributed by atoms with Gasteiger partial charge in [0.2, 0.25) is 0 Å². The molecule has 0 radical (unpaired) electrons. The third-order valence-electron chi connectivity index (χ3n) is 3.17. The molecule has 0 saturated heterocycles. The quantitative estimate of drug-likeness (QED) is 0.791. The molecule has 3 nitrogen and oxygen atoms in total. The molecule has 2 N–H and O–H groups in total. The summed E-state index contributed by atoms with van der Waals surface area (Å²) in [5.41, 5.74) is 7.99. The normalized spacial score (nSPS) is 17.0. The van der Waals surface area contributed by atoms with Gasteiger partial charge in [-0.2, -0.15) is 0 Å². The zero-order chi connectivity index (χ0) is 11.9. The van der Waals surface area contributed by atoms with E-state index in [0.29, 0.717) is 5.56 Å². The van der Waals surface area contributed by atoms with Gasteiger partial charge in [0.1, 0.15) is 5.75 Å². The fourth-order valence-electron chi connectivity index (χ4n) is 2.05. The fraction of sp³-hybridized carbons (Fsp3) is 0.462. The summed E-state index contributed by atoms with van der Waals surface area (Å²) >= 11 is 0. The van der Waals surface area contributed by atoms with Gasteiger partial charge in [-0.05, 0) is 49.9 Å². The molecule has 0 unspecified atom stereocenters. The molecule has 0 bridgehead atoms. The van der Waals surface area contributed by atoms with E-state index in [9.17, 15) is 4.79 Å². The first-order valence-corrected chi connectivity index (χ1v) is 5.47. The molecule has 1 aromatic carbocycles. The molecule has 0 aromatic heterocycles. The SMILES string of the molecule is COc1c(C)cc(C(=O)C2(N)CC2)cc1C. The van der Waals surface area contributed by atoms with Crippen LogP contribution >= 0.6 is 0 Å². The molecular weight excluding hydrogens is 202 g/mol. The van der Waals surface area contributed by atoms with Gasteiger partial charge in [0, 0.05) is 5.56 Å². The van der Waals surface area contributed by atoms with Gasteiger partial charge >= 0.3 is 0 Å². The van der Waals surface area contributed by atoms with E-state index in [4.69, 9.17) is 10.5 Å². The average Bonchev–Trinajstić information content (AvgIpc) is 2.96. The second kappa shape index (κ2) is 3.59. The van der Waals surface area contributed by atoms with Crippen molar-refractivity contribution in [1.29, 1.82) is 0 Å². The van der Waals surface area contributed by atoms with Crippen molar-refractivity contribution < 1.29 is 9.53 Å². The maximum absolute atomic E-state index is 12.1. The molecule has 0 amide bonds. The lowest BCUT2D eigenvalue weighted by Gasteiger charge is -2.13. The van der Waals surface area contributed by atoms with Crippen LogP contribution in [0, 0.1) is 13.8 Å². The van der Waals surface area contributed by atoms with Gasteiger partial charge in [-0.15, -0.1) is 0 Å². The van der Waals surface area contributed by atoms with Crippen molar-refractivity contribution in [1.82, 2.24) is 0 Å². The van der Waals surface area contributed by atoms with Crippen LogP contribution in [-0.2, 0) is 0 Å². The Hall–Kier alpha value is -1.35. The number of Topliss-reactive ketones (excluding diaryl/α,β-unsaturated/α-hetero) is 1.